The fourth-order valence-electron chi connectivity index (χ4n) is 3.22. The number of rotatable bonds is 7. The summed E-state index contributed by atoms with van der Waals surface area (Å²) in [7, 11) is 0. The second-order valence-electron chi connectivity index (χ2n) is 6.87. The number of nitrogens with one attached hydrogen (secondary N) is 1. The van der Waals surface area contributed by atoms with Crippen LogP contribution in [0.4, 0.5) is 10.1 Å². The number of nitrogen functional groups attached to an aromatic ring is 1. The van der Waals surface area contributed by atoms with E-state index in [-0.39, 0.29) is 42.6 Å². The minimum Gasteiger partial charge on any atom is -0.493 e. The lowest BCUT2D eigenvalue weighted by Gasteiger charge is -2.33. The molecule has 6 nitrogen and oxygen atoms in total. The Bertz CT molecular complexity index is 856. The molecule has 0 bridgehead atoms. The monoisotopic (exact) mass is 493 g/mol. The molecule has 1 atom stereocenters. The number of nitrogens with two attached hydrogens (primary N) is 1. The van der Waals surface area contributed by atoms with Crippen molar-refractivity contribution >= 4 is 48.0 Å². The number of halogens is 4. The van der Waals surface area contributed by atoms with Crippen molar-refractivity contribution in [3.05, 3.63) is 58.4 Å². The summed E-state index contributed by atoms with van der Waals surface area (Å²) in [6.45, 7) is 5.31. The fraction of sp³-hybridized carbons (Fsp3) is 0.381. The molecule has 0 spiro atoms. The van der Waals surface area contributed by atoms with E-state index in [9.17, 15) is 9.18 Å². The average Bonchev–Trinajstić information content (AvgIpc) is 2.71. The Morgan fingerprint density at radius 2 is 2.03 bits per heavy atom. The van der Waals surface area contributed by atoms with E-state index in [1.165, 1.54) is 18.2 Å². The lowest BCUT2D eigenvalue weighted by molar-refractivity contribution is -0.0292. The highest BCUT2D eigenvalue weighted by Crippen LogP contribution is 2.29. The summed E-state index contributed by atoms with van der Waals surface area (Å²) in [5.41, 5.74) is 7.54. The van der Waals surface area contributed by atoms with Gasteiger partial charge in [-0.1, -0.05) is 23.7 Å². The zero-order valence-corrected chi connectivity index (χ0v) is 19.5. The molecule has 2 aromatic rings. The number of morpholine rings is 1. The van der Waals surface area contributed by atoms with Crippen molar-refractivity contribution in [2.45, 2.75) is 19.6 Å². The van der Waals surface area contributed by atoms with Gasteiger partial charge in [-0.2, -0.15) is 0 Å². The first-order chi connectivity index (χ1) is 14.0. The lowest BCUT2D eigenvalue weighted by atomic mass is 10.1. The van der Waals surface area contributed by atoms with Crippen molar-refractivity contribution in [1.82, 2.24) is 10.2 Å². The molecule has 172 valence electrons. The maximum Gasteiger partial charge on any atom is 0.255 e. The molecular weight excluding hydrogens is 468 g/mol. The second kappa shape index (κ2) is 12.9. The summed E-state index contributed by atoms with van der Waals surface area (Å²) >= 11 is 6.07. The zero-order chi connectivity index (χ0) is 20.8. The van der Waals surface area contributed by atoms with Crippen molar-refractivity contribution in [2.24, 2.45) is 0 Å². The van der Waals surface area contributed by atoms with Gasteiger partial charge in [-0.15, -0.1) is 24.8 Å². The minimum atomic E-state index is -0.297. The van der Waals surface area contributed by atoms with Gasteiger partial charge in [0.15, 0.2) is 0 Å². The molecule has 3 rings (SSSR count). The third-order valence-corrected chi connectivity index (χ3v) is 5.00. The molecule has 0 radical (unpaired) electrons. The van der Waals surface area contributed by atoms with E-state index in [2.05, 4.69) is 10.2 Å². The van der Waals surface area contributed by atoms with E-state index >= 15 is 0 Å². The molecular formula is C21H27Cl3FN3O3. The van der Waals surface area contributed by atoms with E-state index in [0.717, 1.165) is 12.1 Å². The number of carbonyl (C=O) groups excluding carboxylic acids is 1. The summed E-state index contributed by atoms with van der Waals surface area (Å²) in [5, 5.41) is 3.19. The third-order valence-electron chi connectivity index (χ3n) is 4.68. The molecule has 1 aliphatic heterocycles. The van der Waals surface area contributed by atoms with Crippen molar-refractivity contribution in [1.29, 1.82) is 0 Å². The van der Waals surface area contributed by atoms with Crippen LogP contribution in [0, 0.1) is 5.82 Å². The molecule has 1 aliphatic rings. The Morgan fingerprint density at radius 3 is 2.71 bits per heavy atom. The molecule has 31 heavy (non-hydrogen) atoms. The molecule has 0 aliphatic carbocycles. The lowest BCUT2D eigenvalue weighted by Crippen LogP contribution is -2.47. The van der Waals surface area contributed by atoms with Crippen LogP contribution < -0.4 is 15.8 Å². The second-order valence-corrected chi connectivity index (χ2v) is 7.27. The predicted molar refractivity (Wildman–Crippen MR) is 125 cm³/mol. The molecule has 1 amide bonds. The molecule has 1 saturated heterocycles. The van der Waals surface area contributed by atoms with E-state index in [0.29, 0.717) is 54.9 Å². The molecule has 0 aromatic heterocycles. The van der Waals surface area contributed by atoms with E-state index in [1.54, 1.807) is 18.2 Å². The summed E-state index contributed by atoms with van der Waals surface area (Å²) in [6, 6.07) is 9.55. The Kier molecular flexibility index (Phi) is 11.4. The number of benzene rings is 2. The number of ether oxygens (including phenoxy) is 2. The number of amides is 1. The molecule has 1 heterocycles. The molecule has 1 unspecified atom stereocenters. The van der Waals surface area contributed by atoms with Crippen molar-refractivity contribution in [3.8, 4) is 5.75 Å². The SMILES string of the molecule is CCOc1cc(N)c(Cl)cc1C(=O)NCC1CN(Cc2ccc(F)cc2)CCO1.Cl.Cl. The quantitative estimate of drug-likeness (QED) is 0.570. The Morgan fingerprint density at radius 1 is 1.32 bits per heavy atom. The standard InChI is InChI=1S/C21H25ClFN3O3.2ClH/c1-2-28-20-10-19(24)18(22)9-17(20)21(27)25-11-16-13-26(7-8-29-16)12-14-3-5-15(23)6-4-14;;/h3-6,9-10,16H,2,7-8,11-13,24H2,1H3,(H,25,27);2*1H. The van der Waals surface area contributed by atoms with Gasteiger partial charge in [0.25, 0.3) is 5.91 Å². The molecule has 0 saturated carbocycles. The predicted octanol–water partition coefficient (Wildman–Crippen LogP) is 3.93. The van der Waals surface area contributed by atoms with Gasteiger partial charge in [0, 0.05) is 32.2 Å². The summed E-state index contributed by atoms with van der Waals surface area (Å²) < 4.78 is 24.4. The smallest absolute Gasteiger partial charge is 0.255 e. The highest BCUT2D eigenvalue weighted by molar-refractivity contribution is 6.33. The molecule has 10 heteroatoms. The van der Waals surface area contributed by atoms with Crippen LogP contribution in [0.1, 0.15) is 22.8 Å². The van der Waals surface area contributed by atoms with Crippen LogP contribution >= 0.6 is 36.4 Å². The highest BCUT2D eigenvalue weighted by atomic mass is 35.5. The first-order valence-corrected chi connectivity index (χ1v) is 9.92. The molecule has 1 fully saturated rings. The van der Waals surface area contributed by atoms with E-state index in [1.807, 2.05) is 6.92 Å². The minimum absolute atomic E-state index is 0. The number of hydrogen-bond acceptors (Lipinski definition) is 5. The Labute approximate surface area is 199 Å². The van der Waals surface area contributed by atoms with Crippen LogP contribution in [0.3, 0.4) is 0 Å². The number of carbonyl (C=O) groups is 1. The van der Waals surface area contributed by atoms with Crippen LogP contribution in [0.5, 0.6) is 5.75 Å². The van der Waals surface area contributed by atoms with Crippen molar-refractivity contribution in [2.75, 3.05) is 38.6 Å². The number of hydrogen-bond donors (Lipinski definition) is 2. The van der Waals surface area contributed by atoms with E-state index < -0.39 is 0 Å². The number of anilines is 1. The van der Waals surface area contributed by atoms with Gasteiger partial charge in [-0.05, 0) is 30.7 Å². The van der Waals surface area contributed by atoms with E-state index in [4.69, 9.17) is 26.8 Å². The van der Waals surface area contributed by atoms with Crippen molar-refractivity contribution < 1.29 is 18.7 Å². The van der Waals surface area contributed by atoms with Crippen LogP contribution in [0.2, 0.25) is 5.02 Å². The van der Waals surface area contributed by atoms with Gasteiger partial charge in [-0.25, -0.2) is 4.39 Å². The third kappa shape index (κ3) is 7.70. The Balaban J connectivity index is 0.00000240. The summed E-state index contributed by atoms with van der Waals surface area (Å²) in [6.07, 6.45) is -0.145. The van der Waals surface area contributed by atoms with Gasteiger partial charge in [-0.3, -0.25) is 9.69 Å². The average molecular weight is 495 g/mol. The van der Waals surface area contributed by atoms with Gasteiger partial charge >= 0.3 is 0 Å². The van der Waals surface area contributed by atoms with Crippen LogP contribution in [0.25, 0.3) is 0 Å². The topological polar surface area (TPSA) is 76.8 Å². The number of nitrogens with zero attached hydrogens (tertiary/aromatic N) is 1. The van der Waals surface area contributed by atoms with Gasteiger partial charge in [0.1, 0.15) is 11.6 Å². The molecule has 2 aromatic carbocycles. The van der Waals surface area contributed by atoms with Crippen LogP contribution in [-0.4, -0.2) is 49.8 Å². The maximum atomic E-state index is 13.1. The summed E-state index contributed by atoms with van der Waals surface area (Å²) in [5.74, 6) is -0.144. The summed E-state index contributed by atoms with van der Waals surface area (Å²) in [4.78, 5) is 14.9. The van der Waals surface area contributed by atoms with Crippen molar-refractivity contribution in [3.63, 3.8) is 0 Å². The first-order valence-electron chi connectivity index (χ1n) is 9.54. The van der Waals surface area contributed by atoms with Crippen LogP contribution in [0.15, 0.2) is 36.4 Å². The van der Waals surface area contributed by atoms with Gasteiger partial charge in [0.05, 0.1) is 35.6 Å². The van der Waals surface area contributed by atoms with Crippen LogP contribution in [-0.2, 0) is 11.3 Å². The maximum absolute atomic E-state index is 13.1. The Hall–Kier alpha value is -1.77. The zero-order valence-electron chi connectivity index (χ0n) is 17.1. The van der Waals surface area contributed by atoms with Gasteiger partial charge in [0.2, 0.25) is 0 Å². The fourth-order valence-corrected chi connectivity index (χ4v) is 3.38. The van der Waals surface area contributed by atoms with Gasteiger partial charge < -0.3 is 20.5 Å². The first kappa shape index (κ1) is 27.3. The largest absolute Gasteiger partial charge is 0.493 e. The molecule has 3 N–H and O–H groups in total. The normalized spacial score (nSPS) is 16.0. The highest BCUT2D eigenvalue weighted by Gasteiger charge is 2.22.